The third-order valence-corrected chi connectivity index (χ3v) is 9.81. The minimum atomic E-state index is -4.09. The van der Waals surface area contributed by atoms with Gasteiger partial charge >= 0.3 is 0 Å². The number of hydrogen-bond donors (Lipinski definition) is 4. The summed E-state index contributed by atoms with van der Waals surface area (Å²) in [6, 6.07) is 4.66. The van der Waals surface area contributed by atoms with E-state index in [4.69, 9.17) is 11.6 Å². The summed E-state index contributed by atoms with van der Waals surface area (Å²) in [4.78, 5) is 12.3. The molecule has 1 amide bonds. The minimum absolute atomic E-state index is 0.0350. The number of fused-ring (bicyclic) bond motifs is 2. The number of halogens is 4. The van der Waals surface area contributed by atoms with Crippen LogP contribution in [0.1, 0.15) is 36.0 Å². The van der Waals surface area contributed by atoms with E-state index in [1.54, 1.807) is 0 Å². The van der Waals surface area contributed by atoms with Crippen molar-refractivity contribution >= 4 is 33.0 Å². The highest BCUT2D eigenvalue weighted by Gasteiger charge is 2.58. The van der Waals surface area contributed by atoms with Crippen molar-refractivity contribution in [1.82, 2.24) is 0 Å². The van der Waals surface area contributed by atoms with Gasteiger partial charge in [-0.25, -0.2) is 21.6 Å². The fourth-order valence-electron chi connectivity index (χ4n) is 5.36. The second-order valence-electron chi connectivity index (χ2n) is 9.05. The Bertz CT molecular complexity index is 1240. The van der Waals surface area contributed by atoms with E-state index >= 15 is 0 Å². The van der Waals surface area contributed by atoms with Crippen LogP contribution in [0.15, 0.2) is 35.2 Å². The van der Waals surface area contributed by atoms with Gasteiger partial charge in [0.2, 0.25) is 0 Å². The Morgan fingerprint density at radius 1 is 1.11 bits per heavy atom. The standard InChI is InChI=1S/C23H23ClF3NO6S/c24-16-4-1-11(22(31)28-14-8-17(25)21(27)18(26)9-14)5-19(16)35(33,34)15-6-12-2-3-13(7-15)23(12,32)20(30)10-29/h1,4-5,8-9,12-13,15,20,29-30,32H,2-3,6-7,10H2,(H,28,31)/t12-,13?,15-,20?,23+/m0/s1. The molecule has 0 spiro atoms. The number of anilines is 1. The highest BCUT2D eigenvalue weighted by Crippen LogP contribution is 2.53. The number of rotatable bonds is 6. The highest BCUT2D eigenvalue weighted by molar-refractivity contribution is 7.92. The lowest BCUT2D eigenvalue weighted by Gasteiger charge is -2.44. The van der Waals surface area contributed by atoms with Gasteiger partial charge in [-0.1, -0.05) is 11.6 Å². The van der Waals surface area contributed by atoms with Crippen molar-refractivity contribution in [2.75, 3.05) is 11.9 Å². The summed E-state index contributed by atoms with van der Waals surface area (Å²) in [6.07, 6.45) is -0.336. The van der Waals surface area contributed by atoms with Crippen LogP contribution in [0.3, 0.4) is 0 Å². The van der Waals surface area contributed by atoms with Crippen molar-refractivity contribution in [3.63, 3.8) is 0 Å². The summed E-state index contributed by atoms with van der Waals surface area (Å²) in [6.45, 7) is -0.647. The molecule has 35 heavy (non-hydrogen) atoms. The molecule has 2 aliphatic carbocycles. The maximum absolute atomic E-state index is 13.5. The Labute approximate surface area is 204 Å². The number of carbonyl (C=O) groups excluding carboxylic acids is 1. The molecular formula is C23H23ClF3NO6S. The normalized spacial score (nSPS) is 27.0. The molecule has 0 heterocycles. The lowest BCUT2D eigenvalue weighted by molar-refractivity contribution is -0.154. The lowest BCUT2D eigenvalue weighted by Crippen LogP contribution is -2.56. The van der Waals surface area contributed by atoms with Crippen LogP contribution in [0.2, 0.25) is 5.02 Å². The van der Waals surface area contributed by atoms with Crippen molar-refractivity contribution in [3.05, 3.63) is 58.4 Å². The molecular weight excluding hydrogens is 511 g/mol. The molecule has 4 rings (SSSR count). The molecule has 0 aromatic heterocycles. The first kappa shape index (κ1) is 25.9. The molecule has 0 saturated heterocycles. The highest BCUT2D eigenvalue weighted by atomic mass is 35.5. The Morgan fingerprint density at radius 3 is 2.23 bits per heavy atom. The number of aliphatic hydroxyl groups excluding tert-OH is 2. The molecule has 2 aromatic rings. The molecule has 5 atom stereocenters. The van der Waals surface area contributed by atoms with E-state index < -0.39 is 68.6 Å². The van der Waals surface area contributed by atoms with Gasteiger partial charge in [-0.15, -0.1) is 0 Å². The molecule has 4 N–H and O–H groups in total. The van der Waals surface area contributed by atoms with Crippen LogP contribution in [0.4, 0.5) is 18.9 Å². The number of amides is 1. The van der Waals surface area contributed by atoms with Crippen LogP contribution < -0.4 is 5.32 Å². The Morgan fingerprint density at radius 2 is 1.69 bits per heavy atom. The predicted octanol–water partition coefficient (Wildman–Crippen LogP) is 3.06. The van der Waals surface area contributed by atoms with Crippen molar-refractivity contribution < 1.29 is 41.7 Å². The topological polar surface area (TPSA) is 124 Å². The summed E-state index contributed by atoms with van der Waals surface area (Å²) >= 11 is 6.17. The van der Waals surface area contributed by atoms with Crippen molar-refractivity contribution in [2.24, 2.45) is 11.8 Å². The molecule has 12 heteroatoms. The molecule has 2 saturated carbocycles. The SMILES string of the molecule is O=C(Nc1cc(F)c(F)c(F)c1)c1ccc(Cl)c(S(=O)(=O)[C@@H]2CC3CC[C@@H](C2)[C@]3(O)C(O)CO)c1. The third-order valence-electron chi connectivity index (χ3n) is 7.15. The average molecular weight is 534 g/mol. The molecule has 2 aromatic carbocycles. The Hall–Kier alpha value is -2.18. The summed E-state index contributed by atoms with van der Waals surface area (Å²) in [7, 11) is -4.09. The quantitative estimate of drug-likeness (QED) is 0.423. The first-order valence-corrected chi connectivity index (χ1v) is 12.8. The largest absolute Gasteiger partial charge is 0.394 e. The van der Waals surface area contributed by atoms with E-state index in [1.165, 1.54) is 12.1 Å². The number of nitrogens with one attached hydrogen (secondary N) is 1. The van der Waals surface area contributed by atoms with Crippen molar-refractivity contribution in [2.45, 2.75) is 47.5 Å². The van der Waals surface area contributed by atoms with E-state index in [-0.39, 0.29) is 34.0 Å². The third kappa shape index (κ3) is 4.44. The molecule has 2 bridgehead atoms. The van der Waals surface area contributed by atoms with Gasteiger partial charge in [-0.3, -0.25) is 4.79 Å². The fourth-order valence-corrected chi connectivity index (χ4v) is 7.76. The van der Waals surface area contributed by atoms with Crippen molar-refractivity contribution in [3.8, 4) is 0 Å². The van der Waals surface area contributed by atoms with Gasteiger partial charge in [0.1, 0.15) is 6.10 Å². The van der Waals surface area contributed by atoms with Crippen LogP contribution in [0, 0.1) is 29.3 Å². The summed E-state index contributed by atoms with van der Waals surface area (Å²) in [5.74, 6) is -6.68. The molecule has 0 aliphatic heterocycles. The summed E-state index contributed by atoms with van der Waals surface area (Å²) in [5.41, 5.74) is -2.10. The van der Waals surface area contributed by atoms with E-state index in [9.17, 15) is 41.7 Å². The van der Waals surface area contributed by atoms with Crippen LogP contribution in [0.25, 0.3) is 0 Å². The molecule has 7 nitrogen and oxygen atoms in total. The zero-order valence-electron chi connectivity index (χ0n) is 18.2. The summed E-state index contributed by atoms with van der Waals surface area (Å²) < 4.78 is 67.1. The molecule has 2 unspecified atom stereocenters. The van der Waals surface area contributed by atoms with Crippen LogP contribution >= 0.6 is 11.6 Å². The second-order valence-corrected chi connectivity index (χ2v) is 11.7. The molecule has 2 fully saturated rings. The van der Waals surface area contributed by atoms with Gasteiger partial charge in [-0.2, -0.15) is 0 Å². The molecule has 190 valence electrons. The second kappa shape index (κ2) is 9.36. The van der Waals surface area contributed by atoms with Crippen molar-refractivity contribution in [1.29, 1.82) is 0 Å². The molecule has 2 aliphatic rings. The minimum Gasteiger partial charge on any atom is -0.394 e. The first-order chi connectivity index (χ1) is 16.4. The van der Waals surface area contributed by atoms with Gasteiger partial charge in [0.25, 0.3) is 5.91 Å². The maximum atomic E-state index is 13.5. The predicted molar refractivity (Wildman–Crippen MR) is 120 cm³/mol. The van der Waals surface area contributed by atoms with Crippen LogP contribution in [-0.2, 0) is 9.84 Å². The average Bonchev–Trinajstić information content (AvgIpc) is 2.98. The zero-order chi connectivity index (χ0) is 25.7. The lowest BCUT2D eigenvalue weighted by atomic mass is 9.71. The first-order valence-electron chi connectivity index (χ1n) is 10.9. The van der Waals surface area contributed by atoms with E-state index in [0.717, 1.165) is 6.07 Å². The monoisotopic (exact) mass is 533 g/mol. The maximum Gasteiger partial charge on any atom is 0.255 e. The number of benzene rings is 2. The number of hydrogen-bond acceptors (Lipinski definition) is 6. The fraction of sp³-hybridized carbons (Fsp3) is 0.435. The van der Waals surface area contributed by atoms with Gasteiger partial charge < -0.3 is 20.6 Å². The Balaban J connectivity index is 1.60. The number of sulfone groups is 1. The van der Waals surface area contributed by atoms with E-state index in [1.807, 2.05) is 0 Å². The van der Waals surface area contributed by atoms with E-state index in [0.29, 0.717) is 25.0 Å². The van der Waals surface area contributed by atoms with Gasteiger partial charge in [0.05, 0.1) is 27.4 Å². The smallest absolute Gasteiger partial charge is 0.255 e. The number of aliphatic hydroxyl groups is 3. The van der Waals surface area contributed by atoms with Crippen LogP contribution in [0.5, 0.6) is 0 Å². The van der Waals surface area contributed by atoms with Crippen LogP contribution in [-0.4, -0.2) is 53.2 Å². The van der Waals surface area contributed by atoms with E-state index in [2.05, 4.69) is 5.32 Å². The van der Waals surface area contributed by atoms with Gasteiger partial charge in [-0.05, 0) is 55.7 Å². The molecule has 0 radical (unpaired) electrons. The number of carbonyl (C=O) groups is 1. The zero-order valence-corrected chi connectivity index (χ0v) is 19.8. The Kier molecular flexibility index (Phi) is 6.93. The summed E-state index contributed by atoms with van der Waals surface area (Å²) in [5, 5.41) is 31.6. The van der Waals surface area contributed by atoms with Gasteiger partial charge in [0.15, 0.2) is 27.3 Å². The van der Waals surface area contributed by atoms with Gasteiger partial charge in [0, 0.05) is 23.4 Å².